The van der Waals surface area contributed by atoms with Crippen molar-refractivity contribution in [3.63, 3.8) is 0 Å². The Morgan fingerprint density at radius 1 is 0.920 bits per heavy atom. The third-order valence-corrected chi connectivity index (χ3v) is 5.25. The van der Waals surface area contributed by atoms with Gasteiger partial charge in [0.1, 0.15) is 11.4 Å². The van der Waals surface area contributed by atoms with Crippen LogP contribution in [0.15, 0.2) is 80.7 Å². The fourth-order valence-electron chi connectivity index (χ4n) is 2.20. The van der Waals surface area contributed by atoms with Crippen molar-refractivity contribution >= 4 is 51.4 Å². The van der Waals surface area contributed by atoms with Gasteiger partial charge < -0.3 is 10.8 Å². The van der Waals surface area contributed by atoms with Crippen LogP contribution < -0.4 is 5.73 Å². The number of rotatable bonds is 4. The molecule has 3 N–H and O–H groups in total. The molecule has 126 valence electrons. The van der Waals surface area contributed by atoms with Gasteiger partial charge in [0.05, 0.1) is 9.26 Å². The van der Waals surface area contributed by atoms with E-state index in [2.05, 4.69) is 45.0 Å². The predicted molar refractivity (Wildman–Crippen MR) is 111 cm³/mol. The molecule has 6 heteroatoms. The molecule has 0 atom stereocenters. The standard InChI is InChI=1S/C19H16IN3OS/c1-12-9-15(20)19(24)18(10-12)23-22-17-11-14(7-8-16(17)21)25-13-5-3-2-4-6-13/h2-11,24H,21H2,1H3. The van der Waals surface area contributed by atoms with E-state index >= 15 is 0 Å². The Morgan fingerprint density at radius 2 is 1.64 bits per heavy atom. The van der Waals surface area contributed by atoms with Crippen molar-refractivity contribution < 1.29 is 5.11 Å². The summed E-state index contributed by atoms with van der Waals surface area (Å²) in [6.45, 7) is 1.95. The lowest BCUT2D eigenvalue weighted by molar-refractivity contribution is 0.472. The van der Waals surface area contributed by atoms with Crippen molar-refractivity contribution in [2.75, 3.05) is 5.73 Å². The number of aromatic hydroxyl groups is 1. The second-order valence-electron chi connectivity index (χ2n) is 5.45. The van der Waals surface area contributed by atoms with Gasteiger partial charge in [-0.2, -0.15) is 0 Å². The van der Waals surface area contributed by atoms with Crippen LogP contribution in [0.4, 0.5) is 17.1 Å². The molecular weight excluding hydrogens is 445 g/mol. The van der Waals surface area contributed by atoms with Crippen molar-refractivity contribution in [2.24, 2.45) is 10.2 Å². The largest absolute Gasteiger partial charge is 0.505 e. The number of benzene rings is 3. The van der Waals surface area contributed by atoms with Gasteiger partial charge >= 0.3 is 0 Å². The summed E-state index contributed by atoms with van der Waals surface area (Å²) in [5.74, 6) is 0.128. The number of nitrogen functional groups attached to an aromatic ring is 1. The minimum absolute atomic E-state index is 0.128. The maximum absolute atomic E-state index is 10.1. The van der Waals surface area contributed by atoms with Crippen molar-refractivity contribution in [2.45, 2.75) is 16.7 Å². The highest BCUT2D eigenvalue weighted by Gasteiger charge is 2.07. The van der Waals surface area contributed by atoms with Crippen molar-refractivity contribution in [1.82, 2.24) is 0 Å². The van der Waals surface area contributed by atoms with E-state index in [1.165, 1.54) is 0 Å². The van der Waals surface area contributed by atoms with Gasteiger partial charge in [0, 0.05) is 9.79 Å². The molecule has 0 saturated heterocycles. The molecule has 0 aliphatic carbocycles. The maximum atomic E-state index is 10.1. The van der Waals surface area contributed by atoms with Crippen LogP contribution in [-0.2, 0) is 0 Å². The summed E-state index contributed by atoms with van der Waals surface area (Å²) < 4.78 is 0.743. The first kappa shape index (κ1) is 17.8. The van der Waals surface area contributed by atoms with Crippen molar-refractivity contribution in [3.8, 4) is 5.75 Å². The molecule has 0 fully saturated rings. The van der Waals surface area contributed by atoms with Crippen LogP contribution in [0.1, 0.15) is 5.56 Å². The molecular formula is C19H16IN3OS. The second-order valence-corrected chi connectivity index (χ2v) is 7.76. The van der Waals surface area contributed by atoms with Gasteiger partial charge in [-0.25, -0.2) is 0 Å². The molecule has 0 bridgehead atoms. The number of aryl methyl sites for hydroxylation is 1. The molecule has 3 aromatic rings. The lowest BCUT2D eigenvalue weighted by Crippen LogP contribution is -1.85. The third-order valence-electron chi connectivity index (χ3n) is 3.43. The van der Waals surface area contributed by atoms with Gasteiger partial charge in [0.15, 0.2) is 5.75 Å². The molecule has 3 rings (SSSR count). The molecule has 0 amide bonds. The zero-order valence-electron chi connectivity index (χ0n) is 13.5. The highest BCUT2D eigenvalue weighted by atomic mass is 127. The van der Waals surface area contributed by atoms with Gasteiger partial charge in [-0.15, -0.1) is 10.2 Å². The van der Waals surface area contributed by atoms with Crippen LogP contribution in [0.5, 0.6) is 5.75 Å². The van der Waals surface area contributed by atoms with Gasteiger partial charge in [-0.05, 0) is 77.5 Å². The predicted octanol–water partition coefficient (Wildman–Crippen LogP) is 6.45. The van der Waals surface area contributed by atoms with E-state index in [0.717, 1.165) is 18.9 Å². The van der Waals surface area contributed by atoms with E-state index in [9.17, 15) is 5.11 Å². The highest BCUT2D eigenvalue weighted by Crippen LogP contribution is 2.36. The Balaban J connectivity index is 1.89. The molecule has 3 aromatic carbocycles. The maximum Gasteiger partial charge on any atom is 0.156 e. The monoisotopic (exact) mass is 461 g/mol. The molecule has 4 nitrogen and oxygen atoms in total. The first-order valence-corrected chi connectivity index (χ1v) is 9.46. The van der Waals surface area contributed by atoms with Gasteiger partial charge in [0.25, 0.3) is 0 Å². The van der Waals surface area contributed by atoms with Crippen LogP contribution in [0.2, 0.25) is 0 Å². The van der Waals surface area contributed by atoms with Gasteiger partial charge in [-0.1, -0.05) is 30.0 Å². The first-order chi connectivity index (χ1) is 12.0. The second kappa shape index (κ2) is 7.88. The number of nitrogens with two attached hydrogens (primary N) is 1. The number of nitrogens with zero attached hydrogens (tertiary/aromatic N) is 2. The molecule has 0 unspecified atom stereocenters. The number of phenolic OH excluding ortho intramolecular Hbond substituents is 1. The zero-order valence-corrected chi connectivity index (χ0v) is 16.5. The fraction of sp³-hybridized carbons (Fsp3) is 0.0526. The van der Waals surface area contributed by atoms with Crippen molar-refractivity contribution in [1.29, 1.82) is 0 Å². The molecule has 0 aliphatic heterocycles. The van der Waals surface area contributed by atoms with Crippen LogP contribution in [-0.4, -0.2) is 5.11 Å². The Morgan fingerprint density at radius 3 is 2.40 bits per heavy atom. The number of phenols is 1. The summed E-state index contributed by atoms with van der Waals surface area (Å²) in [6.07, 6.45) is 0. The van der Waals surface area contributed by atoms with Gasteiger partial charge in [-0.3, -0.25) is 0 Å². The van der Waals surface area contributed by atoms with E-state index in [0.29, 0.717) is 17.1 Å². The van der Waals surface area contributed by atoms with E-state index in [1.54, 1.807) is 17.8 Å². The molecule has 0 radical (unpaired) electrons. The first-order valence-electron chi connectivity index (χ1n) is 7.56. The fourth-order valence-corrected chi connectivity index (χ4v) is 3.84. The molecule has 0 heterocycles. The summed E-state index contributed by atoms with van der Waals surface area (Å²) in [7, 11) is 0. The summed E-state index contributed by atoms with van der Waals surface area (Å²) in [6, 6.07) is 19.4. The number of hydrogen-bond acceptors (Lipinski definition) is 5. The molecule has 0 saturated carbocycles. The normalized spacial score (nSPS) is 11.1. The van der Waals surface area contributed by atoms with E-state index in [4.69, 9.17) is 5.73 Å². The molecule has 0 aromatic heterocycles. The number of azo groups is 1. The van der Waals surface area contributed by atoms with Crippen LogP contribution in [0.25, 0.3) is 0 Å². The quantitative estimate of drug-likeness (QED) is 0.266. The average molecular weight is 461 g/mol. The molecule has 0 aliphatic rings. The van der Waals surface area contributed by atoms with Crippen molar-refractivity contribution in [3.05, 3.63) is 69.8 Å². The third kappa shape index (κ3) is 4.52. The summed E-state index contributed by atoms with van der Waals surface area (Å²) >= 11 is 3.71. The van der Waals surface area contributed by atoms with Crippen LogP contribution in [0, 0.1) is 10.5 Å². The lowest BCUT2D eigenvalue weighted by Gasteiger charge is -2.06. The molecule has 25 heavy (non-hydrogen) atoms. The molecule has 0 spiro atoms. The van der Waals surface area contributed by atoms with Crippen LogP contribution in [0.3, 0.4) is 0 Å². The zero-order chi connectivity index (χ0) is 17.8. The summed E-state index contributed by atoms with van der Waals surface area (Å²) in [4.78, 5) is 2.17. The minimum Gasteiger partial charge on any atom is -0.505 e. The Hall–Kier alpha value is -2.06. The number of halogens is 1. The van der Waals surface area contributed by atoms with E-state index in [1.807, 2.05) is 49.4 Å². The average Bonchev–Trinajstić information content (AvgIpc) is 2.60. The lowest BCUT2D eigenvalue weighted by atomic mass is 10.2. The Kier molecular flexibility index (Phi) is 5.60. The number of anilines is 1. The Labute approximate surface area is 164 Å². The summed E-state index contributed by atoms with van der Waals surface area (Å²) in [5, 5.41) is 18.6. The SMILES string of the molecule is Cc1cc(I)c(O)c(N=Nc2cc(Sc3ccccc3)ccc2N)c1. The van der Waals surface area contributed by atoms with E-state index in [-0.39, 0.29) is 5.75 Å². The highest BCUT2D eigenvalue weighted by molar-refractivity contribution is 14.1. The van der Waals surface area contributed by atoms with E-state index < -0.39 is 0 Å². The minimum atomic E-state index is 0.128. The van der Waals surface area contributed by atoms with Crippen LogP contribution >= 0.6 is 34.4 Å². The number of hydrogen-bond donors (Lipinski definition) is 2. The smallest absolute Gasteiger partial charge is 0.156 e. The Bertz CT molecular complexity index is 929. The topological polar surface area (TPSA) is 71.0 Å². The summed E-state index contributed by atoms with van der Waals surface area (Å²) in [5.41, 5.74) is 8.59. The van der Waals surface area contributed by atoms with Gasteiger partial charge in [0.2, 0.25) is 0 Å².